The van der Waals surface area contributed by atoms with Gasteiger partial charge in [0.25, 0.3) is 0 Å². The van der Waals surface area contributed by atoms with Crippen molar-refractivity contribution in [3.05, 3.63) is 35.1 Å². The molecule has 0 amide bonds. The van der Waals surface area contributed by atoms with Crippen molar-refractivity contribution < 1.29 is 9.13 Å². The highest BCUT2D eigenvalue weighted by Crippen LogP contribution is 2.35. The minimum atomic E-state index is -0.168. The second-order valence-electron chi connectivity index (χ2n) is 3.90. The average molecular weight is 193 g/mol. The van der Waals surface area contributed by atoms with Crippen LogP contribution in [-0.4, -0.2) is 19.2 Å². The van der Waals surface area contributed by atoms with Crippen molar-refractivity contribution in [3.8, 4) is 0 Å². The highest BCUT2D eigenvalue weighted by Gasteiger charge is 2.35. The standard InChI is InChI=1S/C11H12FNO/c12-8-2-1-7-5-10-11(9(7)6-8)14-4-3-13-10/h1-2,6,10-11,13H,3-5H2. The second-order valence-corrected chi connectivity index (χ2v) is 3.90. The number of hydrogen-bond acceptors (Lipinski definition) is 2. The molecule has 1 fully saturated rings. The monoisotopic (exact) mass is 193 g/mol. The number of ether oxygens (including phenoxy) is 1. The smallest absolute Gasteiger partial charge is 0.123 e. The van der Waals surface area contributed by atoms with E-state index in [1.165, 1.54) is 11.6 Å². The largest absolute Gasteiger partial charge is 0.371 e. The van der Waals surface area contributed by atoms with Gasteiger partial charge in [-0.3, -0.25) is 0 Å². The third kappa shape index (κ3) is 1.16. The molecule has 2 aliphatic rings. The van der Waals surface area contributed by atoms with Gasteiger partial charge in [-0.15, -0.1) is 0 Å². The molecule has 74 valence electrons. The molecule has 1 aliphatic carbocycles. The Labute approximate surface area is 82.1 Å². The summed E-state index contributed by atoms with van der Waals surface area (Å²) in [5, 5.41) is 3.40. The van der Waals surface area contributed by atoms with Crippen LogP contribution in [-0.2, 0) is 11.2 Å². The van der Waals surface area contributed by atoms with Crippen LogP contribution in [0.25, 0.3) is 0 Å². The van der Waals surface area contributed by atoms with Gasteiger partial charge in [0.15, 0.2) is 0 Å². The normalized spacial score (nSPS) is 29.8. The van der Waals surface area contributed by atoms with Gasteiger partial charge in [-0.05, 0) is 29.7 Å². The third-order valence-electron chi connectivity index (χ3n) is 3.03. The number of morpholine rings is 1. The Morgan fingerprint density at radius 1 is 1.43 bits per heavy atom. The fraction of sp³-hybridized carbons (Fsp3) is 0.455. The van der Waals surface area contributed by atoms with Crippen molar-refractivity contribution in [2.24, 2.45) is 0 Å². The lowest BCUT2D eigenvalue weighted by Crippen LogP contribution is -2.41. The molecule has 1 heterocycles. The molecule has 0 aromatic heterocycles. The van der Waals surface area contributed by atoms with Crippen LogP contribution in [0.2, 0.25) is 0 Å². The minimum Gasteiger partial charge on any atom is -0.371 e. The Hall–Kier alpha value is -0.930. The van der Waals surface area contributed by atoms with Crippen LogP contribution in [0, 0.1) is 5.82 Å². The summed E-state index contributed by atoms with van der Waals surface area (Å²) in [6.07, 6.45) is 1.02. The first-order valence-corrected chi connectivity index (χ1v) is 4.98. The van der Waals surface area contributed by atoms with E-state index >= 15 is 0 Å². The van der Waals surface area contributed by atoms with E-state index < -0.39 is 0 Å². The maximum atomic E-state index is 13.0. The summed E-state index contributed by atoms with van der Waals surface area (Å²) in [6.45, 7) is 1.62. The highest BCUT2D eigenvalue weighted by molar-refractivity contribution is 5.37. The Kier molecular flexibility index (Phi) is 1.82. The molecule has 14 heavy (non-hydrogen) atoms. The van der Waals surface area contributed by atoms with E-state index in [0.29, 0.717) is 6.04 Å². The lowest BCUT2D eigenvalue weighted by molar-refractivity contribution is 0.00346. The summed E-state index contributed by atoms with van der Waals surface area (Å²) >= 11 is 0. The zero-order chi connectivity index (χ0) is 9.54. The molecular formula is C11H12FNO. The molecule has 1 aliphatic heterocycles. The first kappa shape index (κ1) is 8.38. The topological polar surface area (TPSA) is 21.3 Å². The zero-order valence-corrected chi connectivity index (χ0v) is 7.79. The van der Waals surface area contributed by atoms with E-state index in [1.807, 2.05) is 6.07 Å². The molecule has 2 unspecified atom stereocenters. The van der Waals surface area contributed by atoms with Crippen molar-refractivity contribution in [1.29, 1.82) is 0 Å². The first-order valence-electron chi connectivity index (χ1n) is 4.98. The van der Waals surface area contributed by atoms with Crippen LogP contribution in [0.1, 0.15) is 17.2 Å². The number of nitrogens with one attached hydrogen (secondary N) is 1. The van der Waals surface area contributed by atoms with Crippen LogP contribution in [0.3, 0.4) is 0 Å². The van der Waals surface area contributed by atoms with E-state index in [2.05, 4.69) is 5.32 Å². The number of rotatable bonds is 0. The summed E-state index contributed by atoms with van der Waals surface area (Å²) in [5.41, 5.74) is 2.25. The maximum absolute atomic E-state index is 13.0. The van der Waals surface area contributed by atoms with Crippen molar-refractivity contribution in [2.45, 2.75) is 18.6 Å². The molecule has 2 atom stereocenters. The predicted molar refractivity (Wildman–Crippen MR) is 50.6 cm³/mol. The molecule has 0 bridgehead atoms. The zero-order valence-electron chi connectivity index (χ0n) is 7.79. The fourth-order valence-corrected chi connectivity index (χ4v) is 2.39. The Morgan fingerprint density at radius 3 is 3.29 bits per heavy atom. The Bertz CT molecular complexity index is 366. The molecule has 3 rings (SSSR count). The molecule has 1 N–H and O–H groups in total. The number of hydrogen-bond donors (Lipinski definition) is 1. The van der Waals surface area contributed by atoms with Crippen molar-refractivity contribution in [1.82, 2.24) is 5.32 Å². The lowest BCUT2D eigenvalue weighted by Gasteiger charge is -2.27. The van der Waals surface area contributed by atoms with Crippen molar-refractivity contribution in [3.63, 3.8) is 0 Å². The van der Waals surface area contributed by atoms with E-state index in [-0.39, 0.29) is 11.9 Å². The summed E-state index contributed by atoms with van der Waals surface area (Å²) < 4.78 is 18.7. The number of fused-ring (bicyclic) bond motifs is 3. The predicted octanol–water partition coefficient (Wildman–Crippen LogP) is 1.41. The third-order valence-corrected chi connectivity index (χ3v) is 3.03. The molecule has 0 spiro atoms. The van der Waals surface area contributed by atoms with Gasteiger partial charge >= 0.3 is 0 Å². The van der Waals surface area contributed by atoms with E-state index in [1.54, 1.807) is 6.07 Å². The molecule has 1 saturated heterocycles. The van der Waals surface area contributed by atoms with Crippen molar-refractivity contribution >= 4 is 0 Å². The lowest BCUT2D eigenvalue weighted by atomic mass is 10.1. The van der Waals surface area contributed by atoms with Gasteiger partial charge in [-0.2, -0.15) is 0 Å². The van der Waals surface area contributed by atoms with E-state index in [0.717, 1.165) is 25.1 Å². The summed E-state index contributed by atoms with van der Waals surface area (Å²) in [7, 11) is 0. The van der Waals surface area contributed by atoms with Crippen molar-refractivity contribution in [2.75, 3.05) is 13.2 Å². The highest BCUT2D eigenvalue weighted by atomic mass is 19.1. The van der Waals surface area contributed by atoms with Crippen LogP contribution in [0.4, 0.5) is 4.39 Å². The van der Waals surface area contributed by atoms with Crippen LogP contribution >= 0.6 is 0 Å². The van der Waals surface area contributed by atoms with E-state index in [9.17, 15) is 4.39 Å². The molecule has 2 nitrogen and oxygen atoms in total. The number of benzene rings is 1. The van der Waals surface area contributed by atoms with Gasteiger partial charge in [-0.25, -0.2) is 4.39 Å². The SMILES string of the molecule is Fc1ccc2c(c1)C1OCCNC1C2. The van der Waals surface area contributed by atoms with E-state index in [4.69, 9.17) is 4.74 Å². The van der Waals surface area contributed by atoms with Gasteiger partial charge in [0, 0.05) is 12.6 Å². The average Bonchev–Trinajstić information content (AvgIpc) is 2.56. The van der Waals surface area contributed by atoms with Gasteiger partial charge < -0.3 is 10.1 Å². The Balaban J connectivity index is 2.02. The minimum absolute atomic E-state index is 0.0643. The first-order chi connectivity index (χ1) is 6.84. The molecule has 0 saturated carbocycles. The molecule has 0 radical (unpaired) electrons. The second kappa shape index (κ2) is 3.04. The summed E-state index contributed by atoms with van der Waals surface area (Å²) in [6, 6.07) is 5.34. The van der Waals surface area contributed by atoms with Gasteiger partial charge in [0.2, 0.25) is 0 Å². The quantitative estimate of drug-likeness (QED) is 0.672. The van der Waals surface area contributed by atoms with Gasteiger partial charge in [0.05, 0.1) is 12.7 Å². The molecule has 1 aromatic carbocycles. The summed E-state index contributed by atoms with van der Waals surface area (Å²) in [4.78, 5) is 0. The van der Waals surface area contributed by atoms with Gasteiger partial charge in [-0.1, -0.05) is 6.07 Å². The fourth-order valence-electron chi connectivity index (χ4n) is 2.39. The number of halogens is 1. The summed E-state index contributed by atoms with van der Waals surface area (Å²) in [5.74, 6) is -0.168. The van der Waals surface area contributed by atoms with Crippen LogP contribution in [0.5, 0.6) is 0 Å². The van der Waals surface area contributed by atoms with Gasteiger partial charge in [0.1, 0.15) is 5.82 Å². The maximum Gasteiger partial charge on any atom is 0.123 e. The molecule has 1 aromatic rings. The van der Waals surface area contributed by atoms with Crippen LogP contribution < -0.4 is 5.32 Å². The molecular weight excluding hydrogens is 181 g/mol. The van der Waals surface area contributed by atoms with Crippen LogP contribution in [0.15, 0.2) is 18.2 Å². The Morgan fingerprint density at radius 2 is 2.36 bits per heavy atom. The molecule has 3 heteroatoms.